The van der Waals surface area contributed by atoms with Crippen molar-refractivity contribution >= 4 is 11.9 Å². The van der Waals surface area contributed by atoms with Crippen LogP contribution < -0.4 is 15.2 Å². The van der Waals surface area contributed by atoms with Gasteiger partial charge in [-0.2, -0.15) is 4.40 Å². The molecule has 0 aliphatic heterocycles. The summed E-state index contributed by atoms with van der Waals surface area (Å²) in [5.41, 5.74) is 2.83. The molecular formula is C21H27N3O3. The number of pyridine rings is 1. The molecule has 6 nitrogen and oxygen atoms in total. The molecule has 0 amide bonds. The lowest BCUT2D eigenvalue weighted by molar-refractivity contribution is -0.715. The van der Waals surface area contributed by atoms with Crippen molar-refractivity contribution < 1.29 is 14.5 Å². The summed E-state index contributed by atoms with van der Waals surface area (Å²) in [6.07, 6.45) is 8.03. The summed E-state index contributed by atoms with van der Waals surface area (Å²) < 4.78 is 3.15. The maximum atomic E-state index is 12.9. The fourth-order valence-corrected chi connectivity index (χ4v) is 2.57. The maximum absolute atomic E-state index is 12.9. The molecule has 0 radical (unpaired) electrons. The largest absolute Gasteiger partial charge is 0.842 e. The lowest BCUT2D eigenvalue weighted by atomic mass is 10.1. The number of fused-ring (bicyclic) bond motifs is 1. The molecule has 0 fully saturated rings. The maximum Gasteiger partial charge on any atom is 0.345 e. The fraction of sp³-hybridized carbons (Fsp3) is 0.381. The third kappa shape index (κ3) is 5.54. The average Bonchev–Trinajstić information content (AvgIpc) is 2.62. The number of rotatable bonds is 8. The summed E-state index contributed by atoms with van der Waals surface area (Å²) in [7, 11) is 0. The van der Waals surface area contributed by atoms with Crippen LogP contribution >= 0.6 is 0 Å². The van der Waals surface area contributed by atoms with E-state index in [4.69, 9.17) is 4.84 Å². The third-order valence-corrected chi connectivity index (χ3v) is 4.01. The highest BCUT2D eigenvalue weighted by Crippen LogP contribution is 2.09. The van der Waals surface area contributed by atoms with E-state index in [0.29, 0.717) is 31.6 Å². The van der Waals surface area contributed by atoms with Gasteiger partial charge in [0.15, 0.2) is 0 Å². The predicted octanol–water partition coefficient (Wildman–Crippen LogP) is 2.53. The molecule has 0 N–H and O–H groups in total. The fourth-order valence-electron chi connectivity index (χ4n) is 2.57. The Morgan fingerprint density at radius 2 is 1.96 bits per heavy atom. The number of hydrogen-bond acceptors (Lipinski definition) is 4. The van der Waals surface area contributed by atoms with Crippen LogP contribution in [0.3, 0.4) is 0 Å². The third-order valence-electron chi connectivity index (χ3n) is 4.01. The highest BCUT2D eigenvalue weighted by Gasteiger charge is 2.17. The molecule has 27 heavy (non-hydrogen) atoms. The molecule has 2 aromatic rings. The second-order valence-electron chi connectivity index (χ2n) is 6.81. The molecule has 0 aromatic carbocycles. The van der Waals surface area contributed by atoms with Crippen LogP contribution in [0.1, 0.15) is 39.7 Å². The molecule has 2 aromatic heterocycles. The van der Waals surface area contributed by atoms with Gasteiger partial charge in [-0.15, -0.1) is 0 Å². The first-order valence-electron chi connectivity index (χ1n) is 9.05. The minimum absolute atomic E-state index is 0.248. The molecular weight excluding hydrogens is 342 g/mol. The van der Waals surface area contributed by atoms with Gasteiger partial charge >= 0.3 is 5.56 Å². The topological polar surface area (TPSA) is 70.0 Å². The first-order chi connectivity index (χ1) is 12.9. The molecule has 0 bridgehead atoms. The number of allylic oxidation sites excluding steroid dienone is 3. The second-order valence-corrected chi connectivity index (χ2v) is 6.81. The molecule has 0 aliphatic carbocycles. The van der Waals surface area contributed by atoms with Gasteiger partial charge in [0.05, 0.1) is 24.2 Å². The standard InChI is InChI=1S/C21H27N3O3/c1-16(2)9-10-18-20(25)23-13-6-5-8-19(23)24(21(18)26)14-7-12-22-27-15-11-17(3)4/h5-6,8-9,11-13H,7,10,14-15H2,1-4H3/b22-12+. The summed E-state index contributed by atoms with van der Waals surface area (Å²) >= 11 is 0. The molecule has 0 saturated heterocycles. The van der Waals surface area contributed by atoms with Crippen LogP contribution in [0.5, 0.6) is 5.88 Å². The van der Waals surface area contributed by atoms with E-state index in [9.17, 15) is 9.90 Å². The van der Waals surface area contributed by atoms with Crippen molar-refractivity contribution in [3.05, 3.63) is 63.6 Å². The summed E-state index contributed by atoms with van der Waals surface area (Å²) in [6.45, 7) is 8.73. The van der Waals surface area contributed by atoms with Crippen molar-refractivity contribution in [1.29, 1.82) is 0 Å². The minimum atomic E-state index is -0.261. The Morgan fingerprint density at radius 3 is 2.67 bits per heavy atom. The van der Waals surface area contributed by atoms with Crippen molar-refractivity contribution in [3.8, 4) is 5.88 Å². The quantitative estimate of drug-likeness (QED) is 0.236. The zero-order valence-electron chi connectivity index (χ0n) is 16.4. The van der Waals surface area contributed by atoms with Crippen molar-refractivity contribution in [3.63, 3.8) is 0 Å². The highest BCUT2D eigenvalue weighted by molar-refractivity contribution is 5.55. The van der Waals surface area contributed by atoms with Crippen molar-refractivity contribution in [1.82, 2.24) is 4.40 Å². The molecule has 0 atom stereocenters. The van der Waals surface area contributed by atoms with E-state index in [1.807, 2.05) is 45.9 Å². The molecule has 0 aliphatic rings. The van der Waals surface area contributed by atoms with Gasteiger partial charge in [-0.1, -0.05) is 28.4 Å². The first-order valence-corrected chi connectivity index (χ1v) is 9.05. The second kappa shape index (κ2) is 9.71. The molecule has 0 unspecified atom stereocenters. The predicted molar refractivity (Wildman–Crippen MR) is 105 cm³/mol. The van der Waals surface area contributed by atoms with Crippen LogP contribution in [0.15, 0.2) is 57.6 Å². The SMILES string of the molecule is CC(C)=CCO/N=C/CC[n+]1c([O-])c(CC=C(C)C)c(=O)n2ccccc21. The minimum Gasteiger partial charge on any atom is -0.842 e. The summed E-state index contributed by atoms with van der Waals surface area (Å²) in [6, 6.07) is 5.37. The van der Waals surface area contributed by atoms with Gasteiger partial charge in [-0.05, 0) is 39.8 Å². The van der Waals surface area contributed by atoms with Crippen LogP contribution in [0, 0.1) is 0 Å². The van der Waals surface area contributed by atoms with E-state index in [-0.39, 0.29) is 17.0 Å². The molecule has 2 heterocycles. The summed E-state index contributed by atoms with van der Waals surface area (Å²) in [4.78, 5) is 17.8. The van der Waals surface area contributed by atoms with Crippen LogP contribution in [-0.2, 0) is 17.8 Å². The van der Waals surface area contributed by atoms with E-state index >= 15 is 0 Å². The Kier molecular flexibility index (Phi) is 7.34. The van der Waals surface area contributed by atoms with E-state index in [1.54, 1.807) is 29.1 Å². The molecule has 0 saturated carbocycles. The van der Waals surface area contributed by atoms with Crippen LogP contribution in [-0.4, -0.2) is 17.2 Å². The Morgan fingerprint density at radius 1 is 1.22 bits per heavy atom. The van der Waals surface area contributed by atoms with E-state index < -0.39 is 0 Å². The van der Waals surface area contributed by atoms with E-state index in [0.717, 1.165) is 5.57 Å². The van der Waals surface area contributed by atoms with Gasteiger partial charge in [0.1, 0.15) is 6.61 Å². The number of nitrogens with zero attached hydrogens (tertiary/aromatic N) is 3. The monoisotopic (exact) mass is 369 g/mol. The Balaban J connectivity index is 2.27. The van der Waals surface area contributed by atoms with Crippen LogP contribution in [0.4, 0.5) is 0 Å². The van der Waals surface area contributed by atoms with E-state index in [1.165, 1.54) is 9.97 Å². The van der Waals surface area contributed by atoms with Crippen molar-refractivity contribution in [2.24, 2.45) is 5.16 Å². The molecule has 2 rings (SSSR count). The lowest BCUT2D eigenvalue weighted by Gasteiger charge is -2.15. The van der Waals surface area contributed by atoms with Crippen LogP contribution in [0.2, 0.25) is 0 Å². The van der Waals surface area contributed by atoms with E-state index in [2.05, 4.69) is 5.16 Å². The molecule has 6 heteroatoms. The Labute approximate surface area is 159 Å². The Bertz CT molecular complexity index is 932. The molecule has 144 valence electrons. The van der Waals surface area contributed by atoms with Gasteiger partial charge in [0.2, 0.25) is 0 Å². The summed E-state index contributed by atoms with van der Waals surface area (Å²) in [5.74, 6) is -0.248. The number of aromatic nitrogens is 2. The van der Waals surface area contributed by atoms with Crippen LogP contribution in [0.25, 0.3) is 5.65 Å². The van der Waals surface area contributed by atoms with Crippen molar-refractivity contribution in [2.75, 3.05) is 6.61 Å². The zero-order valence-corrected chi connectivity index (χ0v) is 16.4. The van der Waals surface area contributed by atoms with Gasteiger partial charge in [-0.3, -0.25) is 0 Å². The van der Waals surface area contributed by atoms with Gasteiger partial charge in [-0.25, -0.2) is 9.36 Å². The normalized spacial score (nSPS) is 11.0. The zero-order chi connectivity index (χ0) is 19.8. The lowest BCUT2D eigenvalue weighted by Crippen LogP contribution is -2.45. The van der Waals surface area contributed by atoms with Gasteiger partial charge in [0.25, 0.3) is 5.65 Å². The highest BCUT2D eigenvalue weighted by atomic mass is 16.6. The van der Waals surface area contributed by atoms with Crippen molar-refractivity contribution in [2.45, 2.75) is 47.1 Å². The Hall–Kier alpha value is -2.89. The average molecular weight is 369 g/mol. The summed E-state index contributed by atoms with van der Waals surface area (Å²) in [5, 5.41) is 16.8. The first kappa shape index (κ1) is 20.4. The van der Waals surface area contributed by atoms with Gasteiger partial charge in [0, 0.05) is 25.1 Å². The number of aryl methyl sites for hydroxylation is 1. The van der Waals surface area contributed by atoms with Gasteiger partial charge < -0.3 is 9.94 Å². The smallest absolute Gasteiger partial charge is 0.345 e. The number of oxime groups is 1. The molecule has 0 spiro atoms. The number of hydrogen-bond donors (Lipinski definition) is 0.